The molecule has 1 nitrogen and oxygen atoms in total. The number of pyridine rings is 1. The van der Waals surface area contributed by atoms with Crippen LogP contribution < -0.4 is 0 Å². The maximum Gasteiger partial charge on any atom is 0.0299 e. The summed E-state index contributed by atoms with van der Waals surface area (Å²) in [6, 6.07) is 2.13. The smallest absolute Gasteiger partial charge is 0.0299 e. The van der Waals surface area contributed by atoms with Crippen LogP contribution >= 0.6 is 11.6 Å². The first kappa shape index (κ1) is 9.97. The molecule has 0 bridgehead atoms. The second kappa shape index (κ2) is 3.23. The predicted octanol–water partition coefficient (Wildman–Crippen LogP) is 3.37. The van der Waals surface area contributed by atoms with Crippen molar-refractivity contribution in [3.05, 3.63) is 29.6 Å². The van der Waals surface area contributed by atoms with Crippen LogP contribution in [0, 0.1) is 18.3 Å². The van der Waals surface area contributed by atoms with Gasteiger partial charge in [-0.15, -0.1) is 11.6 Å². The maximum absolute atomic E-state index is 5.96. The first-order chi connectivity index (χ1) is 6.59. The summed E-state index contributed by atoms with van der Waals surface area (Å²) < 4.78 is 0. The van der Waals surface area contributed by atoms with E-state index in [-0.39, 0.29) is 0 Å². The van der Waals surface area contributed by atoms with Crippen molar-refractivity contribution in [2.75, 3.05) is 5.88 Å². The third kappa shape index (κ3) is 1.35. The summed E-state index contributed by atoms with van der Waals surface area (Å²) in [5.41, 5.74) is 3.09. The molecule has 14 heavy (non-hydrogen) atoms. The molecule has 76 valence electrons. The molecule has 0 spiro atoms. The zero-order chi connectivity index (χ0) is 10.3. The minimum atomic E-state index is 0.369. The molecule has 0 radical (unpaired) electrons. The van der Waals surface area contributed by atoms with E-state index in [0.29, 0.717) is 17.3 Å². The van der Waals surface area contributed by atoms with Gasteiger partial charge in [0.2, 0.25) is 0 Å². The van der Waals surface area contributed by atoms with E-state index >= 15 is 0 Å². The van der Waals surface area contributed by atoms with Crippen molar-refractivity contribution in [2.24, 2.45) is 11.3 Å². The summed E-state index contributed by atoms with van der Waals surface area (Å²) in [7, 11) is 0. The monoisotopic (exact) mass is 209 g/mol. The Bertz CT molecular complexity index is 346. The predicted molar refractivity (Wildman–Crippen MR) is 59.7 cm³/mol. The van der Waals surface area contributed by atoms with Crippen LogP contribution in [0.1, 0.15) is 30.9 Å². The molecule has 1 aromatic heterocycles. The topological polar surface area (TPSA) is 12.9 Å². The number of rotatable bonds is 2. The van der Waals surface area contributed by atoms with Crippen LogP contribution in [0.2, 0.25) is 0 Å². The van der Waals surface area contributed by atoms with Crippen LogP contribution in [-0.4, -0.2) is 10.9 Å². The Morgan fingerprint density at radius 1 is 1.50 bits per heavy atom. The lowest BCUT2D eigenvalue weighted by molar-refractivity contribution is 0.577. The Hall–Kier alpha value is -0.560. The number of aromatic nitrogens is 1. The second-order valence-corrected chi connectivity index (χ2v) is 5.10. The van der Waals surface area contributed by atoms with Crippen LogP contribution in [-0.2, 0) is 0 Å². The number of aryl methyl sites for hydroxylation is 1. The number of alkyl halides is 1. The Balaban J connectivity index is 2.31. The van der Waals surface area contributed by atoms with E-state index in [2.05, 4.69) is 31.8 Å². The van der Waals surface area contributed by atoms with Gasteiger partial charge < -0.3 is 0 Å². The van der Waals surface area contributed by atoms with E-state index in [1.165, 1.54) is 11.1 Å². The van der Waals surface area contributed by atoms with Gasteiger partial charge in [0, 0.05) is 18.3 Å². The zero-order valence-electron chi connectivity index (χ0n) is 8.92. The molecular formula is C12H16ClN. The van der Waals surface area contributed by atoms with E-state index in [1.807, 2.05) is 12.4 Å². The van der Waals surface area contributed by atoms with Crippen molar-refractivity contribution in [3.8, 4) is 0 Å². The molecule has 0 aromatic carbocycles. The lowest BCUT2D eigenvalue weighted by Crippen LogP contribution is -1.93. The van der Waals surface area contributed by atoms with Gasteiger partial charge in [-0.1, -0.05) is 13.8 Å². The second-order valence-electron chi connectivity index (χ2n) is 4.79. The van der Waals surface area contributed by atoms with E-state index < -0.39 is 0 Å². The molecule has 2 rings (SSSR count). The largest absolute Gasteiger partial charge is 0.264 e. The first-order valence-electron chi connectivity index (χ1n) is 5.05. The fraction of sp³-hybridized carbons (Fsp3) is 0.583. The van der Waals surface area contributed by atoms with Crippen LogP contribution in [0.15, 0.2) is 18.5 Å². The summed E-state index contributed by atoms with van der Waals surface area (Å²) in [6.45, 7) is 6.72. The third-order valence-corrected chi connectivity index (χ3v) is 3.95. The summed E-state index contributed by atoms with van der Waals surface area (Å²) >= 11 is 5.96. The molecule has 1 saturated carbocycles. The van der Waals surface area contributed by atoms with Gasteiger partial charge in [0.25, 0.3) is 0 Å². The van der Waals surface area contributed by atoms with Gasteiger partial charge in [-0.2, -0.15) is 0 Å². The molecule has 1 aliphatic carbocycles. The van der Waals surface area contributed by atoms with Gasteiger partial charge in [0.05, 0.1) is 0 Å². The molecule has 0 aliphatic heterocycles. The summed E-state index contributed by atoms with van der Waals surface area (Å²) in [4.78, 5) is 4.12. The van der Waals surface area contributed by atoms with Gasteiger partial charge in [0.15, 0.2) is 0 Å². The highest BCUT2D eigenvalue weighted by molar-refractivity contribution is 6.18. The van der Waals surface area contributed by atoms with Crippen LogP contribution in [0.4, 0.5) is 0 Å². The molecule has 1 heterocycles. The summed E-state index contributed by atoms with van der Waals surface area (Å²) in [5.74, 6) is 2.02. The standard InChI is InChI=1S/C12H16ClN/c1-8-7-14-5-4-9(8)11-10(6-13)12(11,2)3/h4-5,7,10-11H,6H2,1-3H3. The summed E-state index contributed by atoms with van der Waals surface area (Å²) in [5, 5.41) is 0. The van der Waals surface area contributed by atoms with Crippen LogP contribution in [0.5, 0.6) is 0 Å². The van der Waals surface area contributed by atoms with Gasteiger partial charge in [-0.05, 0) is 41.4 Å². The number of hydrogen-bond donors (Lipinski definition) is 0. The van der Waals surface area contributed by atoms with Crippen LogP contribution in [0.25, 0.3) is 0 Å². The molecule has 2 atom stereocenters. The van der Waals surface area contributed by atoms with E-state index in [9.17, 15) is 0 Å². The highest BCUT2D eigenvalue weighted by Crippen LogP contribution is 2.65. The number of nitrogens with zero attached hydrogens (tertiary/aromatic N) is 1. The van der Waals surface area contributed by atoms with Crippen molar-refractivity contribution < 1.29 is 0 Å². The van der Waals surface area contributed by atoms with Crippen molar-refractivity contribution in [1.82, 2.24) is 4.98 Å². The van der Waals surface area contributed by atoms with E-state index in [1.54, 1.807) is 0 Å². The van der Waals surface area contributed by atoms with Gasteiger partial charge in [-0.3, -0.25) is 4.98 Å². The summed E-state index contributed by atoms with van der Waals surface area (Å²) in [6.07, 6.45) is 3.82. The molecule has 0 saturated heterocycles. The third-order valence-electron chi connectivity index (χ3n) is 3.62. The molecule has 2 unspecified atom stereocenters. The van der Waals surface area contributed by atoms with Gasteiger partial charge in [-0.25, -0.2) is 0 Å². The minimum absolute atomic E-state index is 0.369. The van der Waals surface area contributed by atoms with E-state index in [0.717, 1.165) is 5.88 Å². The Morgan fingerprint density at radius 2 is 2.21 bits per heavy atom. The Kier molecular flexibility index (Phi) is 2.30. The lowest BCUT2D eigenvalue weighted by Gasteiger charge is -2.05. The maximum atomic E-state index is 5.96. The fourth-order valence-corrected chi connectivity index (χ4v) is 3.06. The first-order valence-corrected chi connectivity index (χ1v) is 5.59. The Morgan fingerprint density at radius 3 is 2.71 bits per heavy atom. The van der Waals surface area contributed by atoms with Crippen molar-refractivity contribution in [2.45, 2.75) is 26.7 Å². The molecule has 1 aromatic rings. The van der Waals surface area contributed by atoms with E-state index in [4.69, 9.17) is 11.6 Å². The molecule has 2 heteroatoms. The highest BCUT2D eigenvalue weighted by atomic mass is 35.5. The van der Waals surface area contributed by atoms with Gasteiger partial charge in [0.1, 0.15) is 0 Å². The lowest BCUT2D eigenvalue weighted by atomic mass is 10.0. The molecular weight excluding hydrogens is 194 g/mol. The van der Waals surface area contributed by atoms with Gasteiger partial charge >= 0.3 is 0 Å². The van der Waals surface area contributed by atoms with Crippen molar-refractivity contribution in [3.63, 3.8) is 0 Å². The normalized spacial score (nSPS) is 28.9. The fourth-order valence-electron chi connectivity index (χ4n) is 2.48. The molecule has 1 aliphatic rings. The van der Waals surface area contributed by atoms with Crippen molar-refractivity contribution >= 4 is 11.6 Å². The Labute approximate surface area is 90.5 Å². The average Bonchev–Trinajstić information content (AvgIpc) is 2.69. The zero-order valence-corrected chi connectivity index (χ0v) is 9.67. The minimum Gasteiger partial charge on any atom is -0.264 e. The SMILES string of the molecule is Cc1cnccc1C1C(CCl)C1(C)C. The van der Waals surface area contributed by atoms with Crippen LogP contribution in [0.3, 0.4) is 0 Å². The average molecular weight is 210 g/mol. The molecule has 0 amide bonds. The molecule has 0 N–H and O–H groups in total. The van der Waals surface area contributed by atoms with Crippen molar-refractivity contribution in [1.29, 1.82) is 0 Å². The highest BCUT2D eigenvalue weighted by Gasteiger charge is 2.57. The molecule has 1 fully saturated rings. The number of halogens is 1. The number of hydrogen-bond acceptors (Lipinski definition) is 1. The quantitative estimate of drug-likeness (QED) is 0.681.